The van der Waals surface area contributed by atoms with Gasteiger partial charge in [0.15, 0.2) is 0 Å². The monoisotopic (exact) mass is 347 g/mol. The van der Waals surface area contributed by atoms with E-state index in [4.69, 9.17) is 0 Å². The number of carboxylic acids is 1. The number of carboxylic acid groups (broad SMARTS) is 1. The minimum atomic E-state index is -0.943. The average Bonchev–Trinajstić information content (AvgIpc) is 2.50. The van der Waals surface area contributed by atoms with E-state index in [9.17, 15) is 9.90 Å². The quantitative estimate of drug-likeness (QED) is 0.221. The standard InChI is InChI=1S/C19H35NO2.K/c1-3-5-7-9-11-13-16-20(18-15-19(21)22)17-14-12-10-8-6-4-2;/h3-4H,1-2,5-18H2,(H,21,22);/q;+1/p-1. The summed E-state index contributed by atoms with van der Waals surface area (Å²) >= 11 is 0. The maximum Gasteiger partial charge on any atom is 1.00 e. The van der Waals surface area contributed by atoms with Crippen molar-refractivity contribution in [3.8, 4) is 0 Å². The summed E-state index contributed by atoms with van der Waals surface area (Å²) in [6, 6.07) is 0. The zero-order valence-corrected chi connectivity index (χ0v) is 18.4. The van der Waals surface area contributed by atoms with Gasteiger partial charge in [0.2, 0.25) is 0 Å². The molecule has 0 aromatic carbocycles. The number of hydrogen-bond acceptors (Lipinski definition) is 3. The van der Waals surface area contributed by atoms with E-state index in [1.165, 1.54) is 38.5 Å². The number of rotatable bonds is 17. The summed E-state index contributed by atoms with van der Waals surface area (Å²) in [5.74, 6) is -0.943. The van der Waals surface area contributed by atoms with Crippen LogP contribution in [0.4, 0.5) is 0 Å². The Labute approximate surface area is 186 Å². The van der Waals surface area contributed by atoms with Crippen molar-refractivity contribution in [3.05, 3.63) is 25.3 Å². The number of carbonyl (C=O) groups excluding carboxylic acids is 1. The van der Waals surface area contributed by atoms with Crippen LogP contribution in [0.15, 0.2) is 25.3 Å². The smallest absolute Gasteiger partial charge is 0.550 e. The van der Waals surface area contributed by atoms with E-state index in [1.807, 2.05) is 12.2 Å². The number of carbonyl (C=O) groups is 1. The van der Waals surface area contributed by atoms with Crippen LogP contribution >= 0.6 is 0 Å². The molecule has 0 rings (SSSR count). The zero-order valence-electron chi connectivity index (χ0n) is 15.2. The van der Waals surface area contributed by atoms with Crippen LogP contribution in [0.2, 0.25) is 0 Å². The van der Waals surface area contributed by atoms with E-state index >= 15 is 0 Å². The van der Waals surface area contributed by atoms with Crippen LogP contribution in [0.3, 0.4) is 0 Å². The summed E-state index contributed by atoms with van der Waals surface area (Å²) in [4.78, 5) is 12.9. The first-order valence-corrected chi connectivity index (χ1v) is 8.84. The molecule has 0 aromatic heterocycles. The number of allylic oxidation sites excluding steroid dienone is 2. The van der Waals surface area contributed by atoms with Crippen molar-refractivity contribution >= 4 is 5.97 Å². The molecule has 0 saturated carbocycles. The van der Waals surface area contributed by atoms with Gasteiger partial charge < -0.3 is 14.8 Å². The molecular formula is C19H34KNO2. The molecular weight excluding hydrogens is 313 g/mol. The Morgan fingerprint density at radius 1 is 0.783 bits per heavy atom. The fourth-order valence-corrected chi connectivity index (χ4v) is 2.54. The van der Waals surface area contributed by atoms with Gasteiger partial charge in [-0.1, -0.05) is 37.8 Å². The molecule has 0 spiro atoms. The van der Waals surface area contributed by atoms with Crippen molar-refractivity contribution in [2.75, 3.05) is 19.6 Å². The average molecular weight is 348 g/mol. The largest absolute Gasteiger partial charge is 1.00 e. The second-order valence-electron chi connectivity index (χ2n) is 5.95. The van der Waals surface area contributed by atoms with Gasteiger partial charge >= 0.3 is 51.4 Å². The van der Waals surface area contributed by atoms with Crippen molar-refractivity contribution in [1.29, 1.82) is 0 Å². The van der Waals surface area contributed by atoms with E-state index < -0.39 is 5.97 Å². The van der Waals surface area contributed by atoms with Gasteiger partial charge in [-0.15, -0.1) is 13.2 Å². The normalized spacial score (nSPS) is 10.3. The van der Waals surface area contributed by atoms with Gasteiger partial charge in [0.05, 0.1) is 0 Å². The molecule has 0 N–H and O–H groups in total. The molecule has 0 heterocycles. The van der Waals surface area contributed by atoms with Crippen LogP contribution in [0, 0.1) is 0 Å². The topological polar surface area (TPSA) is 43.4 Å². The predicted octanol–water partition coefficient (Wildman–Crippen LogP) is 0.705. The molecule has 23 heavy (non-hydrogen) atoms. The van der Waals surface area contributed by atoms with Crippen molar-refractivity contribution in [2.45, 2.75) is 70.6 Å². The Morgan fingerprint density at radius 2 is 1.22 bits per heavy atom. The Morgan fingerprint density at radius 3 is 1.61 bits per heavy atom. The van der Waals surface area contributed by atoms with Gasteiger partial charge in [-0.25, -0.2) is 0 Å². The number of hydrogen-bond donors (Lipinski definition) is 0. The van der Waals surface area contributed by atoms with Crippen LogP contribution in [-0.2, 0) is 4.79 Å². The first-order chi connectivity index (χ1) is 10.7. The summed E-state index contributed by atoms with van der Waals surface area (Å²) in [7, 11) is 0. The molecule has 0 amide bonds. The maximum absolute atomic E-state index is 10.6. The molecule has 0 saturated heterocycles. The Balaban J connectivity index is 0. The van der Waals surface area contributed by atoms with Crippen LogP contribution in [0.1, 0.15) is 70.6 Å². The second-order valence-corrected chi connectivity index (χ2v) is 5.95. The number of aliphatic carboxylic acids is 1. The summed E-state index contributed by atoms with van der Waals surface area (Å²) in [6.07, 6.45) is 15.9. The van der Waals surface area contributed by atoms with Gasteiger partial charge in [-0.2, -0.15) is 0 Å². The second kappa shape index (κ2) is 20.6. The van der Waals surface area contributed by atoms with E-state index in [0.717, 1.165) is 38.8 Å². The summed E-state index contributed by atoms with van der Waals surface area (Å²) in [5.41, 5.74) is 0. The van der Waals surface area contributed by atoms with Gasteiger partial charge in [-0.3, -0.25) is 0 Å². The van der Waals surface area contributed by atoms with Gasteiger partial charge in [0.1, 0.15) is 0 Å². The predicted molar refractivity (Wildman–Crippen MR) is 92.6 cm³/mol. The SMILES string of the molecule is C=CCCCCCCN(CCCCCCC=C)CCC(=O)[O-].[K+]. The molecule has 0 unspecified atom stereocenters. The van der Waals surface area contributed by atoms with Crippen molar-refractivity contribution in [3.63, 3.8) is 0 Å². The van der Waals surface area contributed by atoms with Crippen LogP contribution in [-0.4, -0.2) is 30.5 Å². The van der Waals surface area contributed by atoms with Gasteiger partial charge in [0, 0.05) is 12.5 Å². The fraction of sp³-hybridized carbons (Fsp3) is 0.737. The van der Waals surface area contributed by atoms with Gasteiger partial charge in [-0.05, 0) is 58.0 Å². The zero-order chi connectivity index (χ0) is 16.5. The molecule has 0 aliphatic rings. The van der Waals surface area contributed by atoms with Crippen LogP contribution in [0.25, 0.3) is 0 Å². The fourth-order valence-electron chi connectivity index (χ4n) is 2.54. The Kier molecular flexibility index (Phi) is 23.1. The molecule has 0 radical (unpaired) electrons. The first-order valence-electron chi connectivity index (χ1n) is 8.84. The van der Waals surface area contributed by atoms with E-state index in [1.54, 1.807) is 0 Å². The Bertz CT molecular complexity index is 275. The van der Waals surface area contributed by atoms with E-state index in [2.05, 4.69) is 18.1 Å². The molecule has 0 aliphatic carbocycles. The third-order valence-electron chi connectivity index (χ3n) is 3.90. The Hall–Kier alpha value is 0.546. The molecule has 128 valence electrons. The molecule has 0 fully saturated rings. The summed E-state index contributed by atoms with van der Waals surface area (Å²) in [6.45, 7) is 10.1. The molecule has 0 bridgehead atoms. The molecule has 3 nitrogen and oxygen atoms in total. The minimum absolute atomic E-state index is 0. The van der Waals surface area contributed by atoms with Gasteiger partial charge in [0.25, 0.3) is 0 Å². The summed E-state index contributed by atoms with van der Waals surface area (Å²) < 4.78 is 0. The van der Waals surface area contributed by atoms with E-state index in [0.29, 0.717) is 6.54 Å². The third-order valence-corrected chi connectivity index (χ3v) is 3.90. The molecule has 4 heteroatoms. The van der Waals surface area contributed by atoms with Crippen molar-refractivity contribution in [2.24, 2.45) is 0 Å². The minimum Gasteiger partial charge on any atom is -0.550 e. The number of nitrogens with zero attached hydrogens (tertiary/aromatic N) is 1. The maximum atomic E-state index is 10.6. The first kappa shape index (κ1) is 25.8. The number of unbranched alkanes of at least 4 members (excludes halogenated alkanes) is 8. The molecule has 0 aliphatic heterocycles. The van der Waals surface area contributed by atoms with E-state index in [-0.39, 0.29) is 57.8 Å². The summed E-state index contributed by atoms with van der Waals surface area (Å²) in [5, 5.41) is 10.6. The van der Waals surface area contributed by atoms with Crippen molar-refractivity contribution in [1.82, 2.24) is 4.90 Å². The third kappa shape index (κ3) is 20.5. The van der Waals surface area contributed by atoms with Crippen LogP contribution < -0.4 is 56.5 Å². The molecule has 0 aromatic rings. The van der Waals surface area contributed by atoms with Crippen LogP contribution in [0.5, 0.6) is 0 Å². The molecule has 0 atom stereocenters. The van der Waals surface area contributed by atoms with Crippen molar-refractivity contribution < 1.29 is 61.3 Å².